The maximum Gasteiger partial charge on any atom is 0.278 e. The van der Waals surface area contributed by atoms with Crippen molar-refractivity contribution in [2.75, 3.05) is 0 Å². The van der Waals surface area contributed by atoms with E-state index in [1.807, 2.05) is 13.8 Å². The molecule has 152 valence electrons. The molecule has 2 N–H and O–H groups in total. The Morgan fingerprint density at radius 2 is 1.97 bits per heavy atom. The SMILES string of the molecule is Cc1n[nH]c(C)c1CC(=O)N1Cc2nc3cc(-c4ccc(F)cc4)[nH]n3c(=O)c2C1. The lowest BCUT2D eigenvalue weighted by Gasteiger charge is -2.14. The maximum atomic E-state index is 13.2. The largest absolute Gasteiger partial charge is 0.332 e. The number of carbonyl (C=O) groups excluding carboxylic acids is 1. The van der Waals surface area contributed by atoms with Crippen LogP contribution in [-0.2, 0) is 24.3 Å². The molecule has 0 radical (unpaired) electrons. The number of benzene rings is 1. The van der Waals surface area contributed by atoms with E-state index in [1.165, 1.54) is 16.6 Å². The molecule has 0 aliphatic carbocycles. The quantitative estimate of drug-likeness (QED) is 0.545. The number of carbonyl (C=O) groups is 1. The summed E-state index contributed by atoms with van der Waals surface area (Å²) >= 11 is 0. The average Bonchev–Trinajstić information content (AvgIpc) is 3.42. The van der Waals surface area contributed by atoms with Gasteiger partial charge in [0.25, 0.3) is 5.56 Å². The number of nitrogens with zero attached hydrogens (tertiary/aromatic N) is 4. The molecule has 1 aromatic carbocycles. The van der Waals surface area contributed by atoms with Crippen LogP contribution in [0.4, 0.5) is 4.39 Å². The average molecular weight is 406 g/mol. The molecule has 4 heterocycles. The van der Waals surface area contributed by atoms with Gasteiger partial charge in [0.05, 0.1) is 42.2 Å². The number of hydrogen-bond acceptors (Lipinski definition) is 4. The fraction of sp³-hybridized carbons (Fsp3) is 0.238. The van der Waals surface area contributed by atoms with Gasteiger partial charge in [-0.25, -0.2) is 13.9 Å². The first-order valence-electron chi connectivity index (χ1n) is 9.58. The fourth-order valence-corrected chi connectivity index (χ4v) is 3.87. The zero-order valence-electron chi connectivity index (χ0n) is 16.5. The van der Waals surface area contributed by atoms with Gasteiger partial charge in [-0.05, 0) is 43.7 Å². The van der Waals surface area contributed by atoms with Crippen LogP contribution in [0, 0.1) is 19.7 Å². The highest BCUT2D eigenvalue weighted by Crippen LogP contribution is 2.23. The van der Waals surface area contributed by atoms with Gasteiger partial charge in [-0.2, -0.15) is 5.10 Å². The van der Waals surface area contributed by atoms with Gasteiger partial charge in [0, 0.05) is 17.3 Å². The van der Waals surface area contributed by atoms with Crippen molar-refractivity contribution in [3.05, 3.63) is 74.7 Å². The summed E-state index contributed by atoms with van der Waals surface area (Å²) < 4.78 is 14.6. The molecule has 0 saturated carbocycles. The van der Waals surface area contributed by atoms with Crippen molar-refractivity contribution in [3.8, 4) is 11.3 Å². The number of aromatic nitrogens is 5. The molecule has 0 fully saturated rings. The summed E-state index contributed by atoms with van der Waals surface area (Å²) in [6.07, 6.45) is 0.232. The Labute approximate surface area is 170 Å². The van der Waals surface area contributed by atoms with E-state index in [0.29, 0.717) is 29.1 Å². The first-order chi connectivity index (χ1) is 14.4. The number of aromatic amines is 2. The van der Waals surface area contributed by atoms with E-state index >= 15 is 0 Å². The summed E-state index contributed by atoms with van der Waals surface area (Å²) in [4.78, 5) is 32.0. The molecule has 0 unspecified atom stereocenters. The molecule has 0 bridgehead atoms. The third-order valence-electron chi connectivity index (χ3n) is 5.60. The van der Waals surface area contributed by atoms with E-state index in [4.69, 9.17) is 0 Å². The van der Waals surface area contributed by atoms with Gasteiger partial charge in [0.1, 0.15) is 5.82 Å². The van der Waals surface area contributed by atoms with Crippen LogP contribution in [-0.4, -0.2) is 35.6 Å². The molecule has 1 aliphatic heterocycles. The normalized spacial score (nSPS) is 13.2. The van der Waals surface area contributed by atoms with Crippen molar-refractivity contribution < 1.29 is 9.18 Å². The van der Waals surface area contributed by atoms with Gasteiger partial charge in [0.15, 0.2) is 5.65 Å². The first kappa shape index (κ1) is 18.3. The fourth-order valence-electron chi connectivity index (χ4n) is 3.87. The van der Waals surface area contributed by atoms with Crippen molar-refractivity contribution in [1.82, 2.24) is 29.7 Å². The van der Waals surface area contributed by atoms with E-state index < -0.39 is 0 Å². The summed E-state index contributed by atoms with van der Waals surface area (Å²) in [6, 6.07) is 7.75. The summed E-state index contributed by atoms with van der Waals surface area (Å²) in [7, 11) is 0. The topological polar surface area (TPSA) is 99.2 Å². The highest BCUT2D eigenvalue weighted by atomic mass is 19.1. The number of halogens is 1. The molecule has 1 amide bonds. The Bertz CT molecular complexity index is 1330. The second-order valence-electron chi connectivity index (χ2n) is 7.55. The number of H-pyrrole nitrogens is 2. The molecular formula is C21H19FN6O2. The van der Waals surface area contributed by atoms with Crippen LogP contribution in [0.15, 0.2) is 35.1 Å². The Balaban J connectivity index is 1.44. The van der Waals surface area contributed by atoms with Crippen LogP contribution in [0.1, 0.15) is 28.2 Å². The van der Waals surface area contributed by atoms with E-state index in [-0.39, 0.29) is 30.2 Å². The highest BCUT2D eigenvalue weighted by molar-refractivity contribution is 5.80. The monoisotopic (exact) mass is 406 g/mol. The van der Waals surface area contributed by atoms with Crippen molar-refractivity contribution in [1.29, 1.82) is 0 Å². The van der Waals surface area contributed by atoms with E-state index in [9.17, 15) is 14.0 Å². The predicted octanol–water partition coefficient (Wildman–Crippen LogP) is 2.25. The highest BCUT2D eigenvalue weighted by Gasteiger charge is 2.29. The van der Waals surface area contributed by atoms with Crippen molar-refractivity contribution in [3.63, 3.8) is 0 Å². The molecule has 5 rings (SSSR count). The number of rotatable bonds is 3. The standard InChI is InChI=1S/C21H19FN6O2/c1-11-15(12(2)25-24-11)7-20(29)27-9-16-18(10-27)23-19-8-17(26-28(19)21(16)30)13-3-5-14(22)6-4-13/h3-6,8,26H,7,9-10H2,1-2H3,(H,24,25). The summed E-state index contributed by atoms with van der Waals surface area (Å²) in [6.45, 7) is 4.27. The number of hydrogen-bond donors (Lipinski definition) is 2. The Hall–Kier alpha value is -3.75. The van der Waals surface area contributed by atoms with Crippen LogP contribution in [0.3, 0.4) is 0 Å². The van der Waals surface area contributed by atoms with Gasteiger partial charge in [-0.1, -0.05) is 0 Å². The minimum Gasteiger partial charge on any atom is -0.332 e. The predicted molar refractivity (Wildman–Crippen MR) is 107 cm³/mol. The van der Waals surface area contributed by atoms with Crippen molar-refractivity contribution in [2.24, 2.45) is 0 Å². The van der Waals surface area contributed by atoms with Crippen LogP contribution < -0.4 is 5.56 Å². The lowest BCUT2D eigenvalue weighted by molar-refractivity contribution is -0.131. The molecule has 8 nitrogen and oxygen atoms in total. The lowest BCUT2D eigenvalue weighted by atomic mass is 10.1. The maximum absolute atomic E-state index is 13.2. The third-order valence-corrected chi connectivity index (χ3v) is 5.60. The van der Waals surface area contributed by atoms with E-state index in [1.54, 1.807) is 23.1 Å². The van der Waals surface area contributed by atoms with Crippen molar-refractivity contribution in [2.45, 2.75) is 33.4 Å². The second kappa shape index (κ2) is 6.65. The van der Waals surface area contributed by atoms with Crippen LogP contribution >= 0.6 is 0 Å². The van der Waals surface area contributed by atoms with Crippen LogP contribution in [0.5, 0.6) is 0 Å². The second-order valence-corrected chi connectivity index (χ2v) is 7.55. The first-order valence-corrected chi connectivity index (χ1v) is 9.58. The number of fused-ring (bicyclic) bond motifs is 2. The van der Waals surface area contributed by atoms with Crippen molar-refractivity contribution >= 4 is 11.6 Å². The van der Waals surface area contributed by atoms with Gasteiger partial charge in [0.2, 0.25) is 5.91 Å². The minimum absolute atomic E-state index is 0.0688. The summed E-state index contributed by atoms with van der Waals surface area (Å²) in [5.41, 5.74) is 5.34. The van der Waals surface area contributed by atoms with Gasteiger partial charge >= 0.3 is 0 Å². The smallest absolute Gasteiger partial charge is 0.278 e. The van der Waals surface area contributed by atoms with E-state index in [2.05, 4.69) is 20.3 Å². The Morgan fingerprint density at radius 3 is 2.67 bits per heavy atom. The molecule has 9 heteroatoms. The third kappa shape index (κ3) is 2.90. The molecule has 30 heavy (non-hydrogen) atoms. The molecule has 3 aromatic heterocycles. The Morgan fingerprint density at radius 1 is 1.20 bits per heavy atom. The van der Waals surface area contributed by atoms with Gasteiger partial charge in [-0.15, -0.1) is 0 Å². The van der Waals surface area contributed by atoms with Crippen LogP contribution in [0.2, 0.25) is 0 Å². The number of nitrogens with one attached hydrogen (secondary N) is 2. The molecule has 0 atom stereocenters. The number of aryl methyl sites for hydroxylation is 2. The minimum atomic E-state index is -0.324. The molecule has 4 aromatic rings. The molecule has 1 aliphatic rings. The van der Waals surface area contributed by atoms with Gasteiger partial charge < -0.3 is 4.90 Å². The Kier molecular flexibility index (Phi) is 4.05. The van der Waals surface area contributed by atoms with Gasteiger partial charge in [-0.3, -0.25) is 19.8 Å². The number of amides is 1. The molecular weight excluding hydrogens is 387 g/mol. The zero-order chi connectivity index (χ0) is 21.0. The summed E-state index contributed by atoms with van der Waals surface area (Å²) in [5, 5.41) is 10.0. The zero-order valence-corrected chi connectivity index (χ0v) is 16.5. The van der Waals surface area contributed by atoms with Crippen LogP contribution in [0.25, 0.3) is 16.9 Å². The molecule has 0 saturated heterocycles. The molecule has 0 spiro atoms. The summed E-state index contributed by atoms with van der Waals surface area (Å²) in [5.74, 6) is -0.393. The lowest BCUT2D eigenvalue weighted by Crippen LogP contribution is -2.28. The van der Waals surface area contributed by atoms with E-state index in [0.717, 1.165) is 22.5 Å².